The molecule has 0 fully saturated rings. The third-order valence-electron chi connectivity index (χ3n) is 6.43. The molecule has 4 heterocycles. The molecule has 0 radical (unpaired) electrons. The van der Waals surface area contributed by atoms with Gasteiger partial charge in [0.15, 0.2) is 5.58 Å². The zero-order valence-electron chi connectivity index (χ0n) is 16.8. The van der Waals surface area contributed by atoms with Crippen LogP contribution < -0.4 is 0 Å². The molecule has 0 aliphatic rings. The lowest BCUT2D eigenvalue weighted by Gasteiger charge is -2.06. The van der Waals surface area contributed by atoms with Crippen LogP contribution in [0, 0.1) is 0 Å². The van der Waals surface area contributed by atoms with Gasteiger partial charge in [0.2, 0.25) is 5.71 Å². The van der Waals surface area contributed by atoms with E-state index in [2.05, 4.69) is 83.4 Å². The van der Waals surface area contributed by atoms with Crippen molar-refractivity contribution in [3.8, 4) is 5.69 Å². The number of rotatable bonds is 1. The number of benzene rings is 4. The Hall–Kier alpha value is -4.02. The molecule has 0 unspecified atom stereocenters. The van der Waals surface area contributed by atoms with Crippen molar-refractivity contribution in [1.29, 1.82) is 0 Å². The lowest BCUT2D eigenvalue weighted by atomic mass is 10.1. The Kier molecular flexibility index (Phi) is 3.02. The Balaban J connectivity index is 1.53. The maximum absolute atomic E-state index is 6.61. The standard InChI is InChI=1S/C28H15NO2S/c1-4-10-21-18(8-1)25-27-26(19-9-3-6-12-24(19)32-27)31-28(25)29(21)16-13-14-23-20(15-16)17-7-2-5-11-22(17)30-23/h1-15H. The number of aromatic nitrogens is 1. The van der Waals surface area contributed by atoms with Gasteiger partial charge in [-0.2, -0.15) is 0 Å². The van der Waals surface area contributed by atoms with E-state index in [9.17, 15) is 0 Å². The van der Waals surface area contributed by atoms with Gasteiger partial charge in [-0.15, -0.1) is 11.3 Å². The van der Waals surface area contributed by atoms with Gasteiger partial charge in [-0.1, -0.05) is 48.5 Å². The number of fused-ring (bicyclic) bond motifs is 10. The molecular formula is C28H15NO2S. The highest BCUT2D eigenvalue weighted by atomic mass is 32.1. The molecule has 0 N–H and O–H groups in total. The third kappa shape index (κ3) is 2.00. The first-order valence-corrected chi connectivity index (χ1v) is 11.4. The van der Waals surface area contributed by atoms with Crippen LogP contribution in [0.15, 0.2) is 99.8 Å². The lowest BCUT2D eigenvalue weighted by Crippen LogP contribution is -1.92. The summed E-state index contributed by atoms with van der Waals surface area (Å²) < 4.78 is 17.4. The highest BCUT2D eigenvalue weighted by molar-refractivity contribution is 7.26. The summed E-state index contributed by atoms with van der Waals surface area (Å²) in [6.45, 7) is 0. The van der Waals surface area contributed by atoms with Crippen molar-refractivity contribution in [1.82, 2.24) is 4.57 Å². The molecule has 8 rings (SSSR count). The summed E-state index contributed by atoms with van der Waals surface area (Å²) >= 11 is 1.80. The number of hydrogen-bond donors (Lipinski definition) is 0. The smallest absolute Gasteiger partial charge is 0.214 e. The molecule has 150 valence electrons. The predicted octanol–water partition coefficient (Wildman–Crippen LogP) is 8.64. The van der Waals surface area contributed by atoms with E-state index in [-0.39, 0.29) is 0 Å². The van der Waals surface area contributed by atoms with Crippen LogP contribution >= 0.6 is 11.3 Å². The van der Waals surface area contributed by atoms with Crippen LogP contribution in [-0.4, -0.2) is 4.57 Å². The van der Waals surface area contributed by atoms with Gasteiger partial charge in [-0.05, 0) is 42.5 Å². The summed E-state index contributed by atoms with van der Waals surface area (Å²) in [5.41, 5.74) is 5.89. The second-order valence-electron chi connectivity index (χ2n) is 8.17. The largest absolute Gasteiger partial charge is 0.456 e. The van der Waals surface area contributed by atoms with Crippen LogP contribution in [-0.2, 0) is 0 Å². The van der Waals surface area contributed by atoms with Gasteiger partial charge in [-0.3, -0.25) is 4.57 Å². The van der Waals surface area contributed by atoms with Gasteiger partial charge in [-0.25, -0.2) is 0 Å². The molecule has 0 aliphatic heterocycles. The molecule has 0 spiro atoms. The zero-order chi connectivity index (χ0) is 20.8. The van der Waals surface area contributed by atoms with Crippen molar-refractivity contribution in [3.05, 3.63) is 91.0 Å². The molecule has 0 bridgehead atoms. The van der Waals surface area contributed by atoms with Crippen LogP contribution in [0.3, 0.4) is 0 Å². The summed E-state index contributed by atoms with van der Waals surface area (Å²) in [5, 5.41) is 5.82. The summed E-state index contributed by atoms with van der Waals surface area (Å²) in [7, 11) is 0. The molecule has 32 heavy (non-hydrogen) atoms. The van der Waals surface area contributed by atoms with E-state index in [1.54, 1.807) is 11.3 Å². The first kappa shape index (κ1) is 16.6. The molecule has 4 heteroatoms. The minimum atomic E-state index is 0.894. The van der Waals surface area contributed by atoms with E-state index < -0.39 is 0 Å². The zero-order valence-corrected chi connectivity index (χ0v) is 17.6. The van der Waals surface area contributed by atoms with E-state index >= 15 is 0 Å². The van der Waals surface area contributed by atoms with Crippen molar-refractivity contribution in [2.75, 3.05) is 0 Å². The van der Waals surface area contributed by atoms with Gasteiger partial charge in [0, 0.05) is 31.9 Å². The fourth-order valence-corrected chi connectivity index (χ4v) is 6.21. The van der Waals surface area contributed by atoms with Gasteiger partial charge < -0.3 is 8.83 Å². The number of nitrogens with zero attached hydrogens (tertiary/aromatic N) is 1. The molecular weight excluding hydrogens is 414 g/mol. The van der Waals surface area contributed by atoms with Crippen molar-refractivity contribution in [2.45, 2.75) is 0 Å². The lowest BCUT2D eigenvalue weighted by molar-refractivity contribution is 0.649. The van der Waals surface area contributed by atoms with Crippen molar-refractivity contribution < 1.29 is 8.83 Å². The monoisotopic (exact) mass is 429 g/mol. The quantitative estimate of drug-likeness (QED) is 0.261. The van der Waals surface area contributed by atoms with Crippen LogP contribution in [0.4, 0.5) is 0 Å². The van der Waals surface area contributed by atoms with Crippen molar-refractivity contribution in [2.24, 2.45) is 0 Å². The molecule has 0 saturated heterocycles. The van der Waals surface area contributed by atoms with E-state index in [4.69, 9.17) is 8.83 Å². The average molecular weight is 430 g/mol. The minimum Gasteiger partial charge on any atom is -0.456 e. The Labute approximate surface area is 185 Å². The first-order chi connectivity index (χ1) is 15.9. The van der Waals surface area contributed by atoms with E-state index in [1.165, 1.54) is 25.6 Å². The SMILES string of the molecule is c1ccc2c(c1)oc1ccc(-n3c4ccccc4c4c5sc6ccccc6c5oc43)cc12. The summed E-state index contributed by atoms with van der Waals surface area (Å²) in [6, 6.07) is 31.6. The molecule has 4 aromatic heterocycles. The highest BCUT2D eigenvalue weighted by Crippen LogP contribution is 2.45. The second kappa shape index (κ2) is 5.81. The van der Waals surface area contributed by atoms with Gasteiger partial charge in [0.25, 0.3) is 0 Å². The summed E-state index contributed by atoms with van der Waals surface area (Å²) in [5.74, 6) is 0. The molecule has 0 amide bonds. The van der Waals surface area contributed by atoms with E-state index in [0.717, 1.165) is 44.4 Å². The molecule has 8 aromatic rings. The fourth-order valence-electron chi connectivity index (χ4n) is 5.03. The summed E-state index contributed by atoms with van der Waals surface area (Å²) in [4.78, 5) is 0. The van der Waals surface area contributed by atoms with Crippen LogP contribution in [0.25, 0.3) is 70.0 Å². The highest BCUT2D eigenvalue weighted by Gasteiger charge is 2.22. The van der Waals surface area contributed by atoms with Gasteiger partial charge in [0.1, 0.15) is 11.2 Å². The predicted molar refractivity (Wildman–Crippen MR) is 133 cm³/mol. The summed E-state index contributed by atoms with van der Waals surface area (Å²) in [6.07, 6.45) is 0. The molecule has 0 saturated carbocycles. The van der Waals surface area contributed by atoms with Crippen LogP contribution in [0.2, 0.25) is 0 Å². The van der Waals surface area contributed by atoms with Crippen molar-refractivity contribution in [3.63, 3.8) is 0 Å². The maximum Gasteiger partial charge on any atom is 0.214 e. The normalized spacial score (nSPS) is 12.4. The number of hydrogen-bond acceptors (Lipinski definition) is 3. The van der Waals surface area contributed by atoms with E-state index in [1.807, 2.05) is 12.1 Å². The van der Waals surface area contributed by atoms with Gasteiger partial charge in [0.05, 0.1) is 15.6 Å². The second-order valence-corrected chi connectivity index (χ2v) is 9.22. The Morgan fingerprint density at radius 3 is 2.31 bits per heavy atom. The van der Waals surface area contributed by atoms with Crippen molar-refractivity contribution >= 4 is 75.6 Å². The molecule has 3 nitrogen and oxygen atoms in total. The maximum atomic E-state index is 6.61. The Bertz CT molecular complexity index is 2000. The van der Waals surface area contributed by atoms with Gasteiger partial charge >= 0.3 is 0 Å². The molecule has 0 atom stereocenters. The first-order valence-electron chi connectivity index (χ1n) is 10.6. The molecule has 4 aromatic carbocycles. The fraction of sp³-hybridized carbons (Fsp3) is 0. The number of para-hydroxylation sites is 2. The van der Waals surface area contributed by atoms with Crippen LogP contribution in [0.1, 0.15) is 0 Å². The molecule has 0 aliphatic carbocycles. The third-order valence-corrected chi connectivity index (χ3v) is 7.60. The Morgan fingerprint density at radius 2 is 1.38 bits per heavy atom. The van der Waals surface area contributed by atoms with Crippen LogP contribution in [0.5, 0.6) is 0 Å². The number of furan rings is 2. The topological polar surface area (TPSA) is 31.2 Å². The number of thiophene rings is 1. The van der Waals surface area contributed by atoms with E-state index in [0.29, 0.717) is 0 Å². The average Bonchev–Trinajstić information content (AvgIpc) is 3.55. The minimum absolute atomic E-state index is 0.894. The Morgan fingerprint density at radius 1 is 0.625 bits per heavy atom.